The van der Waals surface area contributed by atoms with E-state index in [2.05, 4.69) is 36.8 Å². The van der Waals surface area contributed by atoms with Crippen molar-refractivity contribution in [2.45, 2.75) is 18.7 Å². The molecule has 2 aliphatic heterocycles. The first-order chi connectivity index (χ1) is 13.3. The zero-order valence-electron chi connectivity index (χ0n) is 17.6. The molecular formula is C20H29IN5O2P. The number of benzene rings is 1. The summed E-state index contributed by atoms with van der Waals surface area (Å²) >= 11 is 0. The Morgan fingerprint density at radius 2 is 1.93 bits per heavy atom. The Kier molecular flexibility index (Phi) is 6.58. The summed E-state index contributed by atoms with van der Waals surface area (Å²) in [5, 5.41) is 6.06. The molecule has 0 N–H and O–H groups in total. The van der Waals surface area contributed by atoms with Crippen molar-refractivity contribution in [3.8, 4) is 0 Å². The van der Waals surface area contributed by atoms with Gasteiger partial charge in [0.05, 0.1) is 58.4 Å². The standard InChI is InChI=1S/C20H29N5O2P.HI/c1-22(28(3,4)5)12-18-19-16(11-21-23(19)2)17-13-24(18)20(26)25(17)27-14-15-9-7-6-8-10-15;/h6-11,17-18H,12-14H2,1-5H3;1H/q+1;/p-1. The molecule has 2 atom stereocenters. The highest BCUT2D eigenvalue weighted by atomic mass is 127. The number of hydrogen-bond acceptors (Lipinski definition) is 4. The molecule has 1 fully saturated rings. The van der Waals surface area contributed by atoms with Crippen molar-refractivity contribution >= 4 is 13.4 Å². The Labute approximate surface area is 190 Å². The number of aryl methyl sites for hydroxylation is 1. The number of carbonyl (C=O) groups excluding carboxylic acids is 1. The first-order valence-corrected chi connectivity index (χ1v) is 12.7. The third kappa shape index (κ3) is 4.17. The summed E-state index contributed by atoms with van der Waals surface area (Å²) in [6, 6.07) is 9.78. The zero-order valence-corrected chi connectivity index (χ0v) is 20.7. The lowest BCUT2D eigenvalue weighted by Gasteiger charge is -2.35. The van der Waals surface area contributed by atoms with Crippen LogP contribution in [0.4, 0.5) is 4.79 Å². The quantitative estimate of drug-likeness (QED) is 0.395. The van der Waals surface area contributed by atoms with E-state index in [1.165, 1.54) is 0 Å². The Morgan fingerprint density at radius 1 is 1.24 bits per heavy atom. The molecule has 0 aliphatic carbocycles. The molecule has 2 aliphatic rings. The van der Waals surface area contributed by atoms with E-state index >= 15 is 0 Å². The van der Waals surface area contributed by atoms with E-state index in [4.69, 9.17) is 4.84 Å². The highest BCUT2D eigenvalue weighted by Crippen LogP contribution is 2.52. The number of likely N-dealkylation sites (N-methyl/N-ethyl adjacent to an activating group) is 1. The number of halogens is 1. The number of nitrogens with zero attached hydrogens (tertiary/aromatic N) is 5. The number of carbonyl (C=O) groups is 1. The number of aromatic nitrogens is 2. The molecule has 29 heavy (non-hydrogen) atoms. The van der Waals surface area contributed by atoms with Crippen LogP contribution in [-0.2, 0) is 18.5 Å². The van der Waals surface area contributed by atoms with Crippen LogP contribution >= 0.6 is 7.41 Å². The SMILES string of the molecule is CN(CC1c2c(cnn2C)C2CN1C(=O)N2OCc1ccccc1)[P+](C)(C)C.[I-]. The first kappa shape index (κ1) is 22.5. The molecule has 0 saturated carbocycles. The summed E-state index contributed by atoms with van der Waals surface area (Å²) in [7, 11) is 2.94. The second-order valence-electron chi connectivity index (χ2n) is 8.44. The number of hydrogen-bond donors (Lipinski definition) is 0. The van der Waals surface area contributed by atoms with E-state index < -0.39 is 7.41 Å². The van der Waals surface area contributed by atoms with Gasteiger partial charge in [-0.05, 0) is 5.56 Å². The minimum Gasteiger partial charge on any atom is -1.00 e. The molecule has 0 radical (unpaired) electrons. The lowest BCUT2D eigenvalue weighted by atomic mass is 9.98. The van der Waals surface area contributed by atoms with Crippen LogP contribution < -0.4 is 24.0 Å². The van der Waals surface area contributed by atoms with Crippen LogP contribution in [0.15, 0.2) is 36.5 Å². The molecule has 1 aromatic carbocycles. The first-order valence-electron chi connectivity index (χ1n) is 9.59. The van der Waals surface area contributed by atoms with E-state index in [-0.39, 0.29) is 42.1 Å². The van der Waals surface area contributed by atoms with Gasteiger partial charge in [-0.2, -0.15) is 14.8 Å². The van der Waals surface area contributed by atoms with E-state index in [0.717, 1.165) is 23.4 Å². The summed E-state index contributed by atoms with van der Waals surface area (Å²) in [5.41, 5.74) is 3.27. The van der Waals surface area contributed by atoms with Crippen LogP contribution in [0.5, 0.6) is 0 Å². The maximum absolute atomic E-state index is 13.2. The summed E-state index contributed by atoms with van der Waals surface area (Å²) < 4.78 is 4.32. The molecule has 0 spiro atoms. The molecule has 1 saturated heterocycles. The van der Waals surface area contributed by atoms with Gasteiger partial charge >= 0.3 is 6.03 Å². The van der Waals surface area contributed by atoms with Crippen molar-refractivity contribution in [1.29, 1.82) is 0 Å². The van der Waals surface area contributed by atoms with Crippen LogP contribution in [0.2, 0.25) is 0 Å². The highest BCUT2D eigenvalue weighted by molar-refractivity contribution is 7.71. The molecule has 3 heterocycles. The Morgan fingerprint density at radius 3 is 2.59 bits per heavy atom. The fraction of sp³-hybridized carbons (Fsp3) is 0.500. The van der Waals surface area contributed by atoms with E-state index in [1.807, 2.05) is 53.2 Å². The summed E-state index contributed by atoms with van der Waals surface area (Å²) in [4.78, 5) is 21.2. The van der Waals surface area contributed by atoms with Crippen molar-refractivity contribution in [2.24, 2.45) is 7.05 Å². The zero-order chi connectivity index (χ0) is 20.1. The van der Waals surface area contributed by atoms with Crippen molar-refractivity contribution < 1.29 is 33.6 Å². The Balaban J connectivity index is 0.00000240. The molecule has 2 aromatic rings. The monoisotopic (exact) mass is 529 g/mol. The van der Waals surface area contributed by atoms with Crippen LogP contribution in [-0.4, -0.2) is 70.6 Å². The molecule has 1 aromatic heterocycles. The van der Waals surface area contributed by atoms with Gasteiger partial charge in [-0.1, -0.05) is 30.3 Å². The van der Waals surface area contributed by atoms with Gasteiger partial charge in [-0.25, -0.2) is 4.79 Å². The normalized spacial score (nSPS) is 20.8. The van der Waals surface area contributed by atoms with Crippen molar-refractivity contribution in [1.82, 2.24) is 24.4 Å². The van der Waals surface area contributed by atoms with Gasteiger partial charge in [-0.3, -0.25) is 9.52 Å². The Bertz CT molecular complexity index is 870. The molecule has 2 unspecified atom stereocenters. The second-order valence-corrected chi connectivity index (χ2v) is 13.0. The average molecular weight is 529 g/mol. The van der Waals surface area contributed by atoms with Crippen LogP contribution in [0, 0.1) is 0 Å². The minimum absolute atomic E-state index is 0. The summed E-state index contributed by atoms with van der Waals surface area (Å²) in [6.45, 7) is 8.71. The minimum atomic E-state index is -1.17. The predicted octanol–water partition coefficient (Wildman–Crippen LogP) is 0.143. The van der Waals surface area contributed by atoms with E-state index in [1.54, 1.807) is 5.06 Å². The van der Waals surface area contributed by atoms with Crippen LogP contribution in [0.25, 0.3) is 0 Å². The van der Waals surface area contributed by atoms with Gasteiger partial charge in [0.2, 0.25) is 0 Å². The van der Waals surface area contributed by atoms with Crippen molar-refractivity contribution in [3.63, 3.8) is 0 Å². The van der Waals surface area contributed by atoms with Gasteiger partial charge in [0, 0.05) is 19.7 Å². The third-order valence-electron chi connectivity index (χ3n) is 5.83. The van der Waals surface area contributed by atoms with Gasteiger partial charge in [-0.15, -0.1) is 0 Å². The molecule has 2 bridgehead atoms. The van der Waals surface area contributed by atoms with Gasteiger partial charge < -0.3 is 28.9 Å². The van der Waals surface area contributed by atoms with Gasteiger partial charge in [0.25, 0.3) is 0 Å². The number of hydroxylamine groups is 2. The second kappa shape index (κ2) is 8.49. The lowest BCUT2D eigenvalue weighted by Crippen LogP contribution is -3.00. The maximum Gasteiger partial charge on any atom is 0.345 e. The molecule has 9 heteroatoms. The maximum atomic E-state index is 13.2. The van der Waals surface area contributed by atoms with Gasteiger partial charge in [0.15, 0.2) is 0 Å². The van der Waals surface area contributed by atoms with Crippen molar-refractivity contribution in [2.75, 3.05) is 40.1 Å². The highest BCUT2D eigenvalue weighted by Gasteiger charge is 2.51. The number of urea groups is 1. The summed E-state index contributed by atoms with van der Waals surface area (Å²) in [5.74, 6) is 0. The average Bonchev–Trinajstić information content (AvgIpc) is 3.17. The molecule has 7 nitrogen and oxygen atoms in total. The number of rotatable bonds is 6. The molecular weight excluding hydrogens is 500 g/mol. The fourth-order valence-corrected chi connectivity index (χ4v) is 4.55. The van der Waals surface area contributed by atoms with E-state index in [0.29, 0.717) is 13.2 Å². The molecule has 4 rings (SSSR count). The number of amides is 2. The summed E-state index contributed by atoms with van der Waals surface area (Å²) in [6.07, 6.45) is 1.90. The topological polar surface area (TPSA) is 53.8 Å². The molecule has 158 valence electrons. The lowest BCUT2D eigenvalue weighted by molar-refractivity contribution is -0.141. The third-order valence-corrected chi connectivity index (χ3v) is 8.04. The smallest absolute Gasteiger partial charge is 0.345 e. The van der Waals surface area contributed by atoms with Crippen molar-refractivity contribution in [3.05, 3.63) is 53.3 Å². The molecule has 2 amide bonds. The largest absolute Gasteiger partial charge is 1.00 e. The number of fused-ring (bicyclic) bond motifs is 4. The van der Waals surface area contributed by atoms with Gasteiger partial charge in [0.1, 0.15) is 12.6 Å². The predicted molar refractivity (Wildman–Crippen MR) is 111 cm³/mol. The van der Waals surface area contributed by atoms with Crippen LogP contribution in [0.1, 0.15) is 28.9 Å². The van der Waals surface area contributed by atoms with Crippen LogP contribution in [0.3, 0.4) is 0 Å². The Hall–Kier alpha value is -1.22. The fourth-order valence-electron chi connectivity index (χ4n) is 3.90. The van der Waals surface area contributed by atoms with E-state index in [9.17, 15) is 4.79 Å².